The fraction of sp³-hybridized carbons (Fsp3) is 0.500. The highest BCUT2D eigenvalue weighted by Gasteiger charge is 2.22. The van der Waals surface area contributed by atoms with Gasteiger partial charge in [-0.2, -0.15) is 5.10 Å². The molecule has 0 bridgehead atoms. The molecule has 2 rings (SSSR count). The van der Waals surface area contributed by atoms with E-state index in [9.17, 15) is 0 Å². The van der Waals surface area contributed by atoms with Crippen LogP contribution in [0.1, 0.15) is 35.5 Å². The molecule has 2 aromatic rings. The van der Waals surface area contributed by atoms with Crippen molar-refractivity contribution in [3.63, 3.8) is 0 Å². The molecule has 4 nitrogen and oxygen atoms in total. The molecule has 1 unspecified atom stereocenters. The molecular formula is C12H17BrN4S. The number of hydrogen-bond acceptors (Lipinski definition) is 4. The van der Waals surface area contributed by atoms with Gasteiger partial charge in [0.2, 0.25) is 0 Å². The van der Waals surface area contributed by atoms with E-state index in [-0.39, 0.29) is 6.04 Å². The Balaban J connectivity index is 2.43. The largest absolute Gasteiger partial charge is 0.305 e. The summed E-state index contributed by atoms with van der Waals surface area (Å²) in [7, 11) is 0. The lowest BCUT2D eigenvalue weighted by Gasteiger charge is -2.18. The molecule has 0 spiro atoms. The molecule has 1 N–H and O–H groups in total. The van der Waals surface area contributed by atoms with Crippen LogP contribution in [0.4, 0.5) is 0 Å². The minimum Gasteiger partial charge on any atom is -0.305 e. The number of nitrogens with zero attached hydrogens (tertiary/aromatic N) is 3. The van der Waals surface area contributed by atoms with Crippen LogP contribution >= 0.6 is 27.3 Å². The third kappa shape index (κ3) is 2.65. The Hall–Kier alpha value is -0.720. The first-order valence-corrected chi connectivity index (χ1v) is 7.65. The molecule has 0 fully saturated rings. The molecular weight excluding hydrogens is 312 g/mol. The normalized spacial score (nSPS) is 12.9. The maximum Gasteiger partial charge on any atom is 0.0897 e. The van der Waals surface area contributed by atoms with Gasteiger partial charge < -0.3 is 5.32 Å². The summed E-state index contributed by atoms with van der Waals surface area (Å²) in [6.07, 6.45) is 3.81. The molecule has 0 aliphatic rings. The van der Waals surface area contributed by atoms with Gasteiger partial charge in [0.05, 0.1) is 27.4 Å². The van der Waals surface area contributed by atoms with E-state index < -0.39 is 0 Å². The van der Waals surface area contributed by atoms with Gasteiger partial charge in [0.15, 0.2) is 0 Å². The van der Waals surface area contributed by atoms with E-state index in [1.807, 2.05) is 24.0 Å². The van der Waals surface area contributed by atoms with E-state index in [1.54, 1.807) is 11.3 Å². The van der Waals surface area contributed by atoms with E-state index in [0.29, 0.717) is 0 Å². The summed E-state index contributed by atoms with van der Waals surface area (Å²) in [5.74, 6) is 0. The van der Waals surface area contributed by atoms with Crippen molar-refractivity contribution in [2.24, 2.45) is 0 Å². The minimum atomic E-state index is 0.151. The van der Waals surface area contributed by atoms with E-state index in [0.717, 1.165) is 22.6 Å². The van der Waals surface area contributed by atoms with Crippen LogP contribution in [0.25, 0.3) is 0 Å². The highest BCUT2D eigenvalue weighted by Crippen LogP contribution is 2.31. The van der Waals surface area contributed by atoms with Gasteiger partial charge in [0.25, 0.3) is 0 Å². The second kappa shape index (κ2) is 5.95. The summed E-state index contributed by atoms with van der Waals surface area (Å²) >= 11 is 5.32. The highest BCUT2D eigenvalue weighted by molar-refractivity contribution is 9.10. The topological polar surface area (TPSA) is 42.7 Å². The fourth-order valence-corrected chi connectivity index (χ4v) is 3.35. The molecule has 0 aliphatic carbocycles. The first-order chi connectivity index (χ1) is 8.67. The molecule has 6 heteroatoms. The van der Waals surface area contributed by atoms with Crippen LogP contribution in [-0.2, 0) is 6.54 Å². The Labute approximate surface area is 120 Å². The van der Waals surface area contributed by atoms with Gasteiger partial charge >= 0.3 is 0 Å². The zero-order valence-corrected chi connectivity index (χ0v) is 13.2. The van der Waals surface area contributed by atoms with Gasteiger partial charge in [0, 0.05) is 17.6 Å². The van der Waals surface area contributed by atoms with E-state index in [2.05, 4.69) is 45.2 Å². The Morgan fingerprint density at radius 2 is 2.22 bits per heavy atom. The summed E-state index contributed by atoms with van der Waals surface area (Å²) in [5.41, 5.74) is 1.17. The smallest absolute Gasteiger partial charge is 0.0897 e. The number of nitrogens with one attached hydrogen (secondary N) is 1. The van der Waals surface area contributed by atoms with Crippen LogP contribution < -0.4 is 5.32 Å². The molecule has 2 heterocycles. The molecule has 0 aromatic carbocycles. The standard InChI is InChI=1S/C12H17BrN4S/c1-4-14-11(10-7-15-8(3)18-10)12-9(13)6-16-17(12)5-2/h6-7,11,14H,4-5H2,1-3H3. The third-order valence-corrected chi connectivity index (χ3v) is 4.33. The first-order valence-electron chi connectivity index (χ1n) is 6.04. The number of thiazole rings is 1. The molecule has 0 aliphatic heterocycles. The Morgan fingerprint density at radius 3 is 2.78 bits per heavy atom. The molecule has 18 heavy (non-hydrogen) atoms. The maximum atomic E-state index is 4.38. The van der Waals surface area contributed by atoms with Crippen molar-refractivity contribution < 1.29 is 0 Å². The average molecular weight is 329 g/mol. The van der Waals surface area contributed by atoms with Crippen LogP contribution in [0, 0.1) is 6.92 Å². The summed E-state index contributed by atoms with van der Waals surface area (Å²) in [5, 5.41) is 8.98. The predicted octanol–water partition coefficient (Wildman–Crippen LogP) is 3.13. The number of aryl methyl sites for hydroxylation is 2. The van der Waals surface area contributed by atoms with Crippen LogP contribution in [-0.4, -0.2) is 21.3 Å². The predicted molar refractivity (Wildman–Crippen MR) is 78.0 cm³/mol. The van der Waals surface area contributed by atoms with E-state index >= 15 is 0 Å². The van der Waals surface area contributed by atoms with Crippen LogP contribution in [0.5, 0.6) is 0 Å². The van der Waals surface area contributed by atoms with Gasteiger partial charge in [-0.15, -0.1) is 11.3 Å². The zero-order chi connectivity index (χ0) is 13.1. The second-order valence-corrected chi connectivity index (χ2v) is 6.09. The number of halogens is 1. The molecule has 1 atom stereocenters. The van der Waals surface area contributed by atoms with Gasteiger partial charge in [-0.25, -0.2) is 4.98 Å². The molecule has 0 saturated carbocycles. The Kier molecular flexibility index (Phi) is 4.53. The monoisotopic (exact) mass is 328 g/mol. The van der Waals surface area contributed by atoms with Crippen molar-refractivity contribution >= 4 is 27.3 Å². The lowest BCUT2D eigenvalue weighted by molar-refractivity contribution is 0.545. The zero-order valence-electron chi connectivity index (χ0n) is 10.8. The van der Waals surface area contributed by atoms with Gasteiger partial charge in [-0.3, -0.25) is 4.68 Å². The van der Waals surface area contributed by atoms with Gasteiger partial charge in [0.1, 0.15) is 0 Å². The number of rotatable bonds is 5. The lowest BCUT2D eigenvalue weighted by atomic mass is 10.2. The first kappa shape index (κ1) is 13.7. The molecule has 98 valence electrons. The highest BCUT2D eigenvalue weighted by atomic mass is 79.9. The van der Waals surface area contributed by atoms with E-state index in [1.165, 1.54) is 10.6 Å². The van der Waals surface area contributed by atoms with Crippen molar-refractivity contribution in [1.82, 2.24) is 20.1 Å². The minimum absolute atomic E-state index is 0.151. The molecule has 0 radical (unpaired) electrons. The summed E-state index contributed by atoms with van der Waals surface area (Å²) in [4.78, 5) is 5.58. The van der Waals surface area contributed by atoms with Crippen LogP contribution in [0.15, 0.2) is 16.9 Å². The second-order valence-electron chi connectivity index (χ2n) is 3.97. The molecule has 2 aromatic heterocycles. The molecule has 0 amide bonds. The average Bonchev–Trinajstić information content (AvgIpc) is 2.93. The maximum absolute atomic E-state index is 4.38. The Bertz CT molecular complexity index is 520. The molecule has 0 saturated heterocycles. The number of aromatic nitrogens is 3. The van der Waals surface area contributed by atoms with Crippen LogP contribution in [0.3, 0.4) is 0 Å². The summed E-state index contributed by atoms with van der Waals surface area (Å²) in [6.45, 7) is 8.01. The van der Waals surface area contributed by atoms with Crippen LogP contribution in [0.2, 0.25) is 0 Å². The SMILES string of the molecule is CCNC(c1cnc(C)s1)c1c(Br)cnn1CC. The van der Waals surface area contributed by atoms with Crippen molar-refractivity contribution in [1.29, 1.82) is 0 Å². The third-order valence-electron chi connectivity index (χ3n) is 2.74. The van der Waals surface area contributed by atoms with Crippen molar-refractivity contribution in [3.8, 4) is 0 Å². The van der Waals surface area contributed by atoms with Crippen molar-refractivity contribution in [2.75, 3.05) is 6.54 Å². The quantitative estimate of drug-likeness (QED) is 0.916. The van der Waals surface area contributed by atoms with E-state index in [4.69, 9.17) is 0 Å². The van der Waals surface area contributed by atoms with Crippen molar-refractivity contribution in [3.05, 3.63) is 32.4 Å². The summed E-state index contributed by atoms with van der Waals surface area (Å²) < 4.78 is 3.06. The Morgan fingerprint density at radius 1 is 1.44 bits per heavy atom. The van der Waals surface area contributed by atoms with Crippen molar-refractivity contribution in [2.45, 2.75) is 33.4 Å². The van der Waals surface area contributed by atoms with Gasteiger partial charge in [-0.1, -0.05) is 6.92 Å². The number of hydrogen-bond donors (Lipinski definition) is 1. The van der Waals surface area contributed by atoms with Gasteiger partial charge in [-0.05, 0) is 36.3 Å². The summed E-state index contributed by atoms with van der Waals surface area (Å²) in [6, 6.07) is 0.151. The fourth-order valence-electron chi connectivity index (χ4n) is 1.96. The lowest BCUT2D eigenvalue weighted by Crippen LogP contribution is -2.24.